The van der Waals surface area contributed by atoms with Crippen LogP contribution in [-0.4, -0.2) is 0 Å². The number of allylic oxidation sites excluding steroid dienone is 1. The quantitative estimate of drug-likeness (QED) is 0.341. The molecule has 0 nitrogen and oxygen atoms in total. The molecule has 4 aliphatic carbocycles. The highest BCUT2D eigenvalue weighted by atomic mass is 14.6. The predicted octanol–water partition coefficient (Wildman–Crippen LogP) is 7.78. The monoisotopic (exact) mass is 342 g/mol. The van der Waals surface area contributed by atoms with Gasteiger partial charge in [0, 0.05) is 0 Å². The van der Waals surface area contributed by atoms with Crippen molar-refractivity contribution in [2.24, 2.45) is 40.9 Å². The Hall–Kier alpha value is -0.260. The molecule has 5 atom stereocenters. The largest absolute Gasteiger partial charge is 0.103 e. The summed E-state index contributed by atoms with van der Waals surface area (Å²) in [5.74, 6) is 6.52. The topological polar surface area (TPSA) is 0 Å². The minimum absolute atomic E-state index is 0.635. The molecule has 4 saturated carbocycles. The van der Waals surface area contributed by atoms with Crippen molar-refractivity contribution in [1.82, 2.24) is 0 Å². The number of hydrogen-bond donors (Lipinski definition) is 0. The molecule has 0 amide bonds. The molecule has 0 aromatic carbocycles. The SMILES string of the molecule is C=CCCC[C@](C)(C1CCCC1)C1C2CCCCC2C2CCCCC21. The van der Waals surface area contributed by atoms with Crippen LogP contribution in [0.1, 0.15) is 103 Å². The second kappa shape index (κ2) is 7.77. The van der Waals surface area contributed by atoms with Crippen LogP contribution >= 0.6 is 0 Å². The summed E-state index contributed by atoms with van der Waals surface area (Å²) in [5, 5.41) is 0. The van der Waals surface area contributed by atoms with Crippen molar-refractivity contribution < 1.29 is 0 Å². The third-order valence-electron chi connectivity index (χ3n) is 9.40. The summed E-state index contributed by atoms with van der Waals surface area (Å²) in [6.07, 6.45) is 24.8. The summed E-state index contributed by atoms with van der Waals surface area (Å²) in [6, 6.07) is 0. The van der Waals surface area contributed by atoms with E-state index in [2.05, 4.69) is 19.6 Å². The Morgan fingerprint density at radius 3 is 1.76 bits per heavy atom. The van der Waals surface area contributed by atoms with Gasteiger partial charge in [-0.3, -0.25) is 0 Å². The Bertz CT molecular complexity index is 423. The first-order valence-corrected chi connectivity index (χ1v) is 11.9. The first kappa shape index (κ1) is 18.1. The molecule has 0 heterocycles. The third-order valence-corrected chi connectivity index (χ3v) is 9.40. The molecule has 0 N–H and O–H groups in total. The third kappa shape index (κ3) is 3.25. The van der Waals surface area contributed by atoms with E-state index in [-0.39, 0.29) is 0 Å². The van der Waals surface area contributed by atoms with Crippen LogP contribution < -0.4 is 0 Å². The minimum Gasteiger partial charge on any atom is -0.103 e. The molecule has 4 rings (SSSR count). The van der Waals surface area contributed by atoms with Crippen molar-refractivity contribution in [2.45, 2.75) is 103 Å². The van der Waals surface area contributed by atoms with Gasteiger partial charge < -0.3 is 0 Å². The van der Waals surface area contributed by atoms with E-state index < -0.39 is 0 Å². The molecule has 0 heteroatoms. The maximum atomic E-state index is 4.01. The lowest BCUT2D eigenvalue weighted by Crippen LogP contribution is -2.41. The number of hydrogen-bond acceptors (Lipinski definition) is 0. The average molecular weight is 343 g/mol. The zero-order valence-corrected chi connectivity index (χ0v) is 16.9. The van der Waals surface area contributed by atoms with Crippen molar-refractivity contribution in [2.75, 3.05) is 0 Å². The number of fused-ring (bicyclic) bond motifs is 3. The van der Waals surface area contributed by atoms with Crippen LogP contribution in [0.5, 0.6) is 0 Å². The number of rotatable bonds is 6. The van der Waals surface area contributed by atoms with Gasteiger partial charge in [0.05, 0.1) is 0 Å². The minimum atomic E-state index is 0.635. The average Bonchev–Trinajstić information content (AvgIpc) is 3.29. The van der Waals surface area contributed by atoms with Gasteiger partial charge in [0.2, 0.25) is 0 Å². The second-order valence-electron chi connectivity index (χ2n) is 10.4. The molecule has 25 heavy (non-hydrogen) atoms. The maximum absolute atomic E-state index is 4.01. The molecule has 142 valence electrons. The van der Waals surface area contributed by atoms with Crippen LogP contribution in [0.4, 0.5) is 0 Å². The molecular weight excluding hydrogens is 300 g/mol. The van der Waals surface area contributed by atoms with Crippen molar-refractivity contribution >= 4 is 0 Å². The fourth-order valence-electron chi connectivity index (χ4n) is 8.48. The van der Waals surface area contributed by atoms with E-state index in [4.69, 9.17) is 0 Å². The molecule has 4 aliphatic rings. The molecule has 0 aliphatic heterocycles. The maximum Gasteiger partial charge on any atom is -0.0264 e. The van der Waals surface area contributed by atoms with Crippen molar-refractivity contribution in [3.8, 4) is 0 Å². The van der Waals surface area contributed by atoms with Gasteiger partial charge in [-0.2, -0.15) is 0 Å². The van der Waals surface area contributed by atoms with E-state index >= 15 is 0 Å². The van der Waals surface area contributed by atoms with Gasteiger partial charge >= 0.3 is 0 Å². The Morgan fingerprint density at radius 1 is 0.760 bits per heavy atom. The fourth-order valence-corrected chi connectivity index (χ4v) is 8.48. The van der Waals surface area contributed by atoms with E-state index in [1.807, 2.05) is 0 Å². The normalized spacial score (nSPS) is 41.1. The highest BCUT2D eigenvalue weighted by molar-refractivity contribution is 5.06. The van der Waals surface area contributed by atoms with Crippen LogP contribution in [0.15, 0.2) is 12.7 Å². The van der Waals surface area contributed by atoms with Crippen molar-refractivity contribution in [3.63, 3.8) is 0 Å². The van der Waals surface area contributed by atoms with E-state index in [1.54, 1.807) is 25.7 Å². The Kier molecular flexibility index (Phi) is 5.63. The molecule has 0 saturated heterocycles. The van der Waals surface area contributed by atoms with Gasteiger partial charge in [0.25, 0.3) is 0 Å². The molecule has 0 bridgehead atoms. The van der Waals surface area contributed by atoms with E-state index in [9.17, 15) is 0 Å². The molecular formula is C25H42. The van der Waals surface area contributed by atoms with Gasteiger partial charge in [0.15, 0.2) is 0 Å². The molecule has 4 unspecified atom stereocenters. The lowest BCUT2D eigenvalue weighted by molar-refractivity contribution is 0.00583. The molecule has 0 radical (unpaired) electrons. The Morgan fingerprint density at radius 2 is 1.24 bits per heavy atom. The zero-order chi connectivity index (χ0) is 17.3. The molecule has 0 aromatic rings. The number of unbranched alkanes of at least 4 members (excludes halogenated alkanes) is 1. The van der Waals surface area contributed by atoms with E-state index in [0.717, 1.165) is 35.5 Å². The highest BCUT2D eigenvalue weighted by Gasteiger charge is 2.58. The van der Waals surface area contributed by atoms with Crippen LogP contribution in [0.3, 0.4) is 0 Å². The smallest absolute Gasteiger partial charge is 0.0264 e. The van der Waals surface area contributed by atoms with Crippen LogP contribution in [0, 0.1) is 40.9 Å². The lowest BCUT2D eigenvalue weighted by Gasteiger charge is -2.48. The predicted molar refractivity (Wildman–Crippen MR) is 108 cm³/mol. The Labute approximate surface area is 157 Å². The van der Waals surface area contributed by atoms with Gasteiger partial charge in [0.1, 0.15) is 0 Å². The summed E-state index contributed by atoms with van der Waals surface area (Å²) < 4.78 is 0. The first-order chi connectivity index (χ1) is 12.3. The Balaban J connectivity index is 1.64. The molecule has 4 fully saturated rings. The van der Waals surface area contributed by atoms with Crippen LogP contribution in [-0.2, 0) is 0 Å². The van der Waals surface area contributed by atoms with Crippen molar-refractivity contribution in [3.05, 3.63) is 12.7 Å². The van der Waals surface area contributed by atoms with Crippen LogP contribution in [0.2, 0.25) is 0 Å². The van der Waals surface area contributed by atoms with Gasteiger partial charge in [-0.1, -0.05) is 51.5 Å². The highest BCUT2D eigenvalue weighted by Crippen LogP contribution is 2.65. The molecule has 0 aromatic heterocycles. The van der Waals surface area contributed by atoms with Gasteiger partial charge in [-0.25, -0.2) is 0 Å². The first-order valence-electron chi connectivity index (χ1n) is 11.9. The fraction of sp³-hybridized carbons (Fsp3) is 0.920. The van der Waals surface area contributed by atoms with Crippen LogP contribution in [0.25, 0.3) is 0 Å². The second-order valence-corrected chi connectivity index (χ2v) is 10.4. The zero-order valence-electron chi connectivity index (χ0n) is 16.9. The summed E-state index contributed by atoms with van der Waals surface area (Å²) in [4.78, 5) is 0. The molecule has 0 spiro atoms. The summed E-state index contributed by atoms with van der Waals surface area (Å²) in [7, 11) is 0. The lowest BCUT2D eigenvalue weighted by atomic mass is 9.57. The summed E-state index contributed by atoms with van der Waals surface area (Å²) in [6.45, 7) is 6.78. The van der Waals surface area contributed by atoms with Gasteiger partial charge in [-0.05, 0) is 98.7 Å². The van der Waals surface area contributed by atoms with E-state index in [0.29, 0.717) is 5.41 Å². The standard InChI is InChI=1S/C25H42/c1-3-4-11-18-25(2,19-12-5-6-13-19)24-22-16-9-7-14-20(22)21-15-8-10-17-23(21)24/h3,19-24H,1,4-18H2,2H3/t20?,21?,22?,23?,24?,25-/m1/s1. The summed E-state index contributed by atoms with van der Waals surface area (Å²) >= 11 is 0. The van der Waals surface area contributed by atoms with Gasteiger partial charge in [-0.15, -0.1) is 6.58 Å². The summed E-state index contributed by atoms with van der Waals surface area (Å²) in [5.41, 5.74) is 0.635. The van der Waals surface area contributed by atoms with Crippen molar-refractivity contribution in [1.29, 1.82) is 0 Å². The van der Waals surface area contributed by atoms with E-state index in [1.165, 1.54) is 70.6 Å².